The summed E-state index contributed by atoms with van der Waals surface area (Å²) in [6, 6.07) is 5.27. The second kappa shape index (κ2) is 9.01. The Morgan fingerprint density at radius 1 is 1.14 bits per heavy atom. The molecule has 0 spiro atoms. The van der Waals surface area contributed by atoms with Gasteiger partial charge in [-0.2, -0.15) is 13.2 Å². The predicted octanol–water partition coefficient (Wildman–Crippen LogP) is 2.99. The van der Waals surface area contributed by atoms with Crippen molar-refractivity contribution in [3.8, 4) is 0 Å². The van der Waals surface area contributed by atoms with Crippen LogP contribution in [0.2, 0.25) is 0 Å². The highest BCUT2D eigenvalue weighted by molar-refractivity contribution is 7.89. The molecule has 1 aliphatic heterocycles. The summed E-state index contributed by atoms with van der Waals surface area (Å²) < 4.78 is 71.1. The normalized spacial score (nSPS) is 25.7. The van der Waals surface area contributed by atoms with E-state index in [0.717, 1.165) is 12.8 Å². The number of alkyl halides is 3. The summed E-state index contributed by atoms with van der Waals surface area (Å²) in [7, 11) is -3.80. The molecule has 1 saturated carbocycles. The Kier molecular flexibility index (Phi) is 6.85. The largest absolute Gasteiger partial charge is 0.391 e. The van der Waals surface area contributed by atoms with Crippen molar-refractivity contribution in [2.24, 2.45) is 5.92 Å². The molecule has 6 nitrogen and oxygen atoms in total. The first-order chi connectivity index (χ1) is 13.6. The van der Waals surface area contributed by atoms with E-state index in [0.29, 0.717) is 6.61 Å². The molecular weight excluding hydrogens is 409 g/mol. The van der Waals surface area contributed by atoms with E-state index in [2.05, 4.69) is 10.0 Å². The average molecular weight is 434 g/mol. The Morgan fingerprint density at radius 2 is 1.86 bits per heavy atom. The summed E-state index contributed by atoms with van der Waals surface area (Å²) >= 11 is 0. The van der Waals surface area contributed by atoms with E-state index in [-0.39, 0.29) is 54.8 Å². The lowest BCUT2D eigenvalue weighted by atomic mass is 9.85. The molecule has 1 aromatic rings. The summed E-state index contributed by atoms with van der Waals surface area (Å²) in [6.45, 7) is 0.786. The molecule has 2 fully saturated rings. The summed E-state index contributed by atoms with van der Waals surface area (Å²) in [5.74, 6) is -1.81. The third-order valence-corrected chi connectivity index (χ3v) is 6.88. The summed E-state index contributed by atoms with van der Waals surface area (Å²) in [4.78, 5) is 12.4. The van der Waals surface area contributed by atoms with Crippen LogP contribution in [0, 0.1) is 5.92 Å². The maximum atomic E-state index is 12.8. The van der Waals surface area contributed by atoms with Crippen molar-refractivity contribution in [2.45, 2.75) is 61.7 Å². The van der Waals surface area contributed by atoms with Gasteiger partial charge in [0.15, 0.2) is 0 Å². The Hall–Kier alpha value is -1.65. The minimum atomic E-state index is -4.20. The number of carbonyl (C=O) groups excluding carboxylic acids is 1. The van der Waals surface area contributed by atoms with Gasteiger partial charge in [-0.3, -0.25) is 4.79 Å². The molecule has 1 aromatic carbocycles. The molecule has 1 aliphatic carbocycles. The van der Waals surface area contributed by atoms with Gasteiger partial charge in [-0.25, -0.2) is 13.1 Å². The van der Waals surface area contributed by atoms with E-state index in [1.165, 1.54) is 24.3 Å². The standard InChI is InChI=1S/C19H25F3N2O4S/c20-19(21,22)14-6-8-15(9-7-14)24-18(25)13-3-1-5-17(11-13)29(26,27)23-12-16-4-2-10-28-16/h1,3,5,11,14-16,23H,2,4,6-10,12H2,(H,24,25). The highest BCUT2D eigenvalue weighted by Gasteiger charge is 2.41. The van der Waals surface area contributed by atoms with Crippen LogP contribution in [0.5, 0.6) is 0 Å². The number of halogens is 3. The first-order valence-electron chi connectivity index (χ1n) is 9.74. The van der Waals surface area contributed by atoms with E-state index in [9.17, 15) is 26.4 Å². The Bertz CT molecular complexity index is 815. The molecule has 1 unspecified atom stereocenters. The number of amides is 1. The van der Waals surface area contributed by atoms with Crippen LogP contribution >= 0.6 is 0 Å². The molecule has 1 saturated heterocycles. The predicted molar refractivity (Wildman–Crippen MR) is 99.9 cm³/mol. The summed E-state index contributed by atoms with van der Waals surface area (Å²) in [5, 5.41) is 2.72. The Balaban J connectivity index is 1.58. The van der Waals surface area contributed by atoms with Crippen molar-refractivity contribution in [1.82, 2.24) is 10.0 Å². The lowest BCUT2D eigenvalue weighted by Gasteiger charge is -2.30. The van der Waals surface area contributed by atoms with Crippen molar-refractivity contribution in [2.75, 3.05) is 13.2 Å². The van der Waals surface area contributed by atoms with Gasteiger partial charge in [-0.05, 0) is 56.7 Å². The van der Waals surface area contributed by atoms with Crippen LogP contribution < -0.4 is 10.0 Å². The number of hydrogen-bond donors (Lipinski definition) is 2. The van der Waals surface area contributed by atoms with Gasteiger partial charge in [0.05, 0.1) is 16.9 Å². The number of nitrogens with one attached hydrogen (secondary N) is 2. The minimum absolute atomic E-state index is 0.0178. The fourth-order valence-corrected chi connectivity index (χ4v) is 4.84. The highest BCUT2D eigenvalue weighted by atomic mass is 32.2. The van der Waals surface area contributed by atoms with Crippen molar-refractivity contribution in [3.63, 3.8) is 0 Å². The molecular formula is C19H25F3N2O4S. The number of ether oxygens (including phenoxy) is 1. The first-order valence-corrected chi connectivity index (χ1v) is 11.2. The van der Waals surface area contributed by atoms with Gasteiger partial charge in [0.2, 0.25) is 10.0 Å². The number of carbonyl (C=O) groups is 1. The van der Waals surface area contributed by atoms with Gasteiger partial charge < -0.3 is 10.1 Å². The van der Waals surface area contributed by atoms with E-state index < -0.39 is 28.0 Å². The molecule has 2 aliphatic rings. The van der Waals surface area contributed by atoms with Gasteiger partial charge in [0, 0.05) is 24.8 Å². The third-order valence-electron chi connectivity index (χ3n) is 5.46. The lowest BCUT2D eigenvalue weighted by molar-refractivity contribution is -0.182. The van der Waals surface area contributed by atoms with Gasteiger partial charge in [0.1, 0.15) is 0 Å². The van der Waals surface area contributed by atoms with Crippen molar-refractivity contribution < 1.29 is 31.1 Å². The number of hydrogen-bond acceptors (Lipinski definition) is 4. The molecule has 10 heteroatoms. The molecule has 0 radical (unpaired) electrons. The van der Waals surface area contributed by atoms with E-state index in [1.807, 2.05) is 0 Å². The molecule has 162 valence electrons. The summed E-state index contributed by atoms with van der Waals surface area (Å²) in [5.41, 5.74) is 0.155. The van der Waals surface area contributed by atoms with Gasteiger partial charge in [-0.15, -0.1) is 0 Å². The number of sulfonamides is 1. The van der Waals surface area contributed by atoms with E-state index >= 15 is 0 Å². The van der Waals surface area contributed by atoms with Crippen LogP contribution in [0.25, 0.3) is 0 Å². The van der Waals surface area contributed by atoms with Gasteiger partial charge in [-0.1, -0.05) is 6.07 Å². The van der Waals surface area contributed by atoms with E-state index in [1.54, 1.807) is 0 Å². The average Bonchev–Trinajstić information content (AvgIpc) is 3.20. The molecule has 0 bridgehead atoms. The molecule has 29 heavy (non-hydrogen) atoms. The maximum Gasteiger partial charge on any atom is 0.391 e. The van der Waals surface area contributed by atoms with Crippen LogP contribution in [-0.4, -0.2) is 45.8 Å². The van der Waals surface area contributed by atoms with Crippen molar-refractivity contribution in [1.29, 1.82) is 0 Å². The Morgan fingerprint density at radius 3 is 2.48 bits per heavy atom. The molecule has 3 rings (SSSR count). The Labute approximate surface area is 168 Å². The van der Waals surface area contributed by atoms with Gasteiger partial charge >= 0.3 is 6.18 Å². The minimum Gasteiger partial charge on any atom is -0.377 e. The van der Waals surface area contributed by atoms with Crippen LogP contribution in [0.15, 0.2) is 29.2 Å². The van der Waals surface area contributed by atoms with E-state index in [4.69, 9.17) is 4.74 Å². The summed E-state index contributed by atoms with van der Waals surface area (Å²) in [6.07, 6.45) is -2.20. The second-order valence-electron chi connectivity index (χ2n) is 7.58. The number of rotatable bonds is 6. The van der Waals surface area contributed by atoms with Crippen molar-refractivity contribution >= 4 is 15.9 Å². The third kappa shape index (κ3) is 5.93. The van der Waals surface area contributed by atoms with Crippen molar-refractivity contribution in [3.05, 3.63) is 29.8 Å². The zero-order valence-corrected chi connectivity index (χ0v) is 16.7. The molecule has 0 aromatic heterocycles. The number of benzene rings is 1. The van der Waals surface area contributed by atoms with Crippen LogP contribution in [0.4, 0.5) is 13.2 Å². The monoisotopic (exact) mass is 434 g/mol. The SMILES string of the molecule is O=C(NC1CCC(C(F)(F)F)CC1)c1cccc(S(=O)(=O)NCC2CCCO2)c1. The quantitative estimate of drug-likeness (QED) is 0.721. The molecule has 2 N–H and O–H groups in total. The zero-order valence-electron chi connectivity index (χ0n) is 15.9. The smallest absolute Gasteiger partial charge is 0.377 e. The molecule has 1 heterocycles. The zero-order chi connectivity index (χ0) is 21.1. The highest BCUT2D eigenvalue weighted by Crippen LogP contribution is 2.37. The maximum absolute atomic E-state index is 12.8. The van der Waals surface area contributed by atoms with Crippen LogP contribution in [-0.2, 0) is 14.8 Å². The lowest BCUT2D eigenvalue weighted by Crippen LogP contribution is -2.40. The second-order valence-corrected chi connectivity index (χ2v) is 9.35. The fourth-order valence-electron chi connectivity index (χ4n) is 3.73. The van der Waals surface area contributed by atoms with Gasteiger partial charge in [0.25, 0.3) is 5.91 Å². The first kappa shape index (κ1) is 22.0. The fraction of sp³-hybridized carbons (Fsp3) is 0.632. The molecule has 1 atom stereocenters. The topological polar surface area (TPSA) is 84.5 Å². The van der Waals surface area contributed by atoms with Crippen LogP contribution in [0.1, 0.15) is 48.9 Å². The molecule has 1 amide bonds. The van der Waals surface area contributed by atoms with Crippen LogP contribution in [0.3, 0.4) is 0 Å².